The number of pyridine rings is 1. The largest absolute Gasteiger partial charge is 0.397 e. The molecule has 0 bridgehead atoms. The summed E-state index contributed by atoms with van der Waals surface area (Å²) in [5.74, 6) is -0.965. The molecule has 1 aliphatic rings. The summed E-state index contributed by atoms with van der Waals surface area (Å²) in [6.07, 6.45) is 0. The Kier molecular flexibility index (Phi) is 2.20. The van der Waals surface area contributed by atoms with Gasteiger partial charge in [-0.2, -0.15) is 0 Å². The van der Waals surface area contributed by atoms with Crippen molar-refractivity contribution < 1.29 is 9.59 Å². The van der Waals surface area contributed by atoms with Gasteiger partial charge in [0.25, 0.3) is 11.8 Å². The molecule has 2 aromatic rings. The molecular weight excluding hydrogens is 258 g/mol. The van der Waals surface area contributed by atoms with Gasteiger partial charge >= 0.3 is 0 Å². The maximum atomic E-state index is 12.3. The highest BCUT2D eigenvalue weighted by Gasteiger charge is 2.33. The molecule has 0 spiro atoms. The number of amides is 2. The Morgan fingerprint density at radius 3 is 2.55 bits per heavy atom. The molecule has 7 heteroatoms. The number of aromatic nitrogens is 1. The van der Waals surface area contributed by atoms with Crippen LogP contribution >= 0.6 is 0 Å². The van der Waals surface area contributed by atoms with E-state index >= 15 is 0 Å². The molecule has 0 radical (unpaired) electrons. The van der Waals surface area contributed by atoms with Gasteiger partial charge in [-0.05, 0) is 18.6 Å². The topological polar surface area (TPSA) is 128 Å². The van der Waals surface area contributed by atoms with E-state index in [2.05, 4.69) is 4.98 Å². The van der Waals surface area contributed by atoms with Gasteiger partial charge in [0.05, 0.1) is 28.1 Å². The first-order chi connectivity index (χ1) is 9.34. The highest BCUT2D eigenvalue weighted by Crippen LogP contribution is 2.45. The van der Waals surface area contributed by atoms with E-state index in [1.807, 2.05) is 0 Å². The van der Waals surface area contributed by atoms with E-state index in [4.69, 9.17) is 17.2 Å². The summed E-state index contributed by atoms with van der Waals surface area (Å²) < 4.78 is 0. The maximum absolute atomic E-state index is 12.3. The van der Waals surface area contributed by atoms with Crippen LogP contribution in [-0.2, 0) is 0 Å². The van der Waals surface area contributed by atoms with Crippen molar-refractivity contribution in [3.05, 3.63) is 22.9 Å². The van der Waals surface area contributed by atoms with Crippen LogP contribution in [0.5, 0.6) is 0 Å². The lowest BCUT2D eigenvalue weighted by Gasteiger charge is -2.16. The van der Waals surface area contributed by atoms with Crippen molar-refractivity contribution in [2.45, 2.75) is 6.92 Å². The molecule has 0 aliphatic carbocycles. The Morgan fingerprint density at radius 2 is 1.95 bits per heavy atom. The lowest BCUT2D eigenvalue weighted by molar-refractivity contribution is 0.0995. The van der Waals surface area contributed by atoms with Crippen LogP contribution in [-0.4, -0.2) is 23.8 Å². The van der Waals surface area contributed by atoms with Crippen LogP contribution < -0.4 is 22.1 Å². The third-order valence-electron chi connectivity index (χ3n) is 3.70. The standard InChI is InChI=1S/C13H13N5O2/c1-4-8(14)10-7-5(3-6(17-10)12(16)19)13(20)18(2)11(7)9(4)15/h3H,14-15H2,1-2H3,(H2,16,19). The molecule has 102 valence electrons. The number of anilines is 3. The van der Waals surface area contributed by atoms with E-state index in [-0.39, 0.29) is 11.6 Å². The van der Waals surface area contributed by atoms with E-state index in [1.165, 1.54) is 11.0 Å². The van der Waals surface area contributed by atoms with Crippen LogP contribution in [0, 0.1) is 6.92 Å². The third-order valence-corrected chi connectivity index (χ3v) is 3.70. The lowest BCUT2D eigenvalue weighted by Crippen LogP contribution is -2.22. The Labute approximate surface area is 114 Å². The molecule has 2 amide bonds. The minimum atomic E-state index is -0.707. The van der Waals surface area contributed by atoms with Crippen molar-refractivity contribution in [1.29, 1.82) is 0 Å². The summed E-state index contributed by atoms with van der Waals surface area (Å²) in [4.78, 5) is 29.2. The van der Waals surface area contributed by atoms with Crippen molar-refractivity contribution in [3.63, 3.8) is 0 Å². The number of carbonyl (C=O) groups is 2. The average Bonchev–Trinajstić information content (AvgIpc) is 2.67. The number of nitrogens with two attached hydrogens (primary N) is 3. The Bertz CT molecular complexity index is 812. The van der Waals surface area contributed by atoms with Gasteiger partial charge in [-0.3, -0.25) is 9.59 Å². The second-order valence-electron chi connectivity index (χ2n) is 4.81. The molecule has 1 aromatic heterocycles. The summed E-state index contributed by atoms with van der Waals surface area (Å²) in [6.45, 7) is 1.75. The Balaban J connectivity index is 2.58. The van der Waals surface area contributed by atoms with Gasteiger partial charge in [0.15, 0.2) is 0 Å². The number of hydrogen-bond acceptors (Lipinski definition) is 5. The molecule has 0 fully saturated rings. The number of rotatable bonds is 1. The second kappa shape index (κ2) is 3.60. The summed E-state index contributed by atoms with van der Waals surface area (Å²) in [5.41, 5.74) is 20.1. The minimum Gasteiger partial charge on any atom is -0.397 e. The number of primary amides is 1. The first kappa shape index (κ1) is 12.2. The van der Waals surface area contributed by atoms with Crippen molar-refractivity contribution in [1.82, 2.24) is 4.98 Å². The number of carbonyl (C=O) groups excluding carboxylic acids is 2. The SMILES string of the molecule is Cc1c(N)c2c3c(cc(C(N)=O)nc3c1N)C(=O)N2C. The van der Waals surface area contributed by atoms with E-state index in [1.54, 1.807) is 14.0 Å². The summed E-state index contributed by atoms with van der Waals surface area (Å²) in [6, 6.07) is 1.38. The molecule has 0 saturated heterocycles. The minimum absolute atomic E-state index is 0.0120. The smallest absolute Gasteiger partial charge is 0.267 e. The lowest BCUT2D eigenvalue weighted by atomic mass is 10.0. The fourth-order valence-electron chi connectivity index (χ4n) is 2.54. The molecule has 20 heavy (non-hydrogen) atoms. The van der Waals surface area contributed by atoms with Gasteiger partial charge < -0.3 is 22.1 Å². The van der Waals surface area contributed by atoms with Gasteiger partial charge in [0.1, 0.15) is 5.69 Å². The van der Waals surface area contributed by atoms with E-state index in [9.17, 15) is 9.59 Å². The molecule has 0 unspecified atom stereocenters. The van der Waals surface area contributed by atoms with E-state index in [0.29, 0.717) is 39.1 Å². The number of nitrogens with zero attached hydrogens (tertiary/aromatic N) is 2. The van der Waals surface area contributed by atoms with Gasteiger partial charge in [-0.1, -0.05) is 0 Å². The fourth-order valence-corrected chi connectivity index (χ4v) is 2.54. The molecule has 7 nitrogen and oxygen atoms in total. The van der Waals surface area contributed by atoms with Crippen molar-refractivity contribution in [2.75, 3.05) is 23.4 Å². The monoisotopic (exact) mass is 271 g/mol. The van der Waals surface area contributed by atoms with Gasteiger partial charge in [0.2, 0.25) is 0 Å². The summed E-state index contributed by atoms with van der Waals surface area (Å²) >= 11 is 0. The molecule has 1 aliphatic heterocycles. The summed E-state index contributed by atoms with van der Waals surface area (Å²) in [7, 11) is 1.62. The highest BCUT2D eigenvalue weighted by atomic mass is 16.2. The molecule has 0 atom stereocenters. The van der Waals surface area contributed by atoms with Crippen molar-refractivity contribution in [3.8, 4) is 0 Å². The fraction of sp³-hybridized carbons (Fsp3) is 0.154. The molecule has 1 aromatic carbocycles. The van der Waals surface area contributed by atoms with Crippen molar-refractivity contribution in [2.24, 2.45) is 5.73 Å². The first-order valence-corrected chi connectivity index (χ1v) is 5.94. The predicted octanol–water partition coefficient (Wildman–Crippen LogP) is 0.397. The van der Waals surface area contributed by atoms with Crippen LogP contribution in [0.1, 0.15) is 26.4 Å². The maximum Gasteiger partial charge on any atom is 0.267 e. The van der Waals surface area contributed by atoms with Gasteiger partial charge in [-0.15, -0.1) is 0 Å². The molecule has 3 rings (SSSR count). The molecule has 0 saturated carbocycles. The van der Waals surface area contributed by atoms with Gasteiger partial charge in [0, 0.05) is 12.4 Å². The Morgan fingerprint density at radius 1 is 1.30 bits per heavy atom. The number of hydrogen-bond donors (Lipinski definition) is 3. The first-order valence-electron chi connectivity index (χ1n) is 5.94. The molecule has 6 N–H and O–H groups in total. The van der Waals surface area contributed by atoms with Crippen LogP contribution in [0.15, 0.2) is 6.07 Å². The Hall–Kier alpha value is -2.83. The van der Waals surface area contributed by atoms with Crippen LogP contribution in [0.4, 0.5) is 17.1 Å². The van der Waals surface area contributed by atoms with Crippen LogP contribution in [0.2, 0.25) is 0 Å². The van der Waals surface area contributed by atoms with Crippen LogP contribution in [0.25, 0.3) is 10.9 Å². The molecule has 2 heterocycles. The van der Waals surface area contributed by atoms with Crippen molar-refractivity contribution >= 4 is 39.8 Å². The van der Waals surface area contributed by atoms with E-state index in [0.717, 1.165) is 0 Å². The zero-order valence-electron chi connectivity index (χ0n) is 11.0. The van der Waals surface area contributed by atoms with E-state index < -0.39 is 5.91 Å². The normalized spacial score (nSPS) is 13.3. The number of benzene rings is 1. The quantitative estimate of drug-likeness (QED) is 0.646. The number of nitrogen functional groups attached to an aromatic ring is 2. The average molecular weight is 271 g/mol. The third kappa shape index (κ3) is 1.26. The highest BCUT2D eigenvalue weighted by molar-refractivity contribution is 6.29. The van der Waals surface area contributed by atoms with Crippen LogP contribution in [0.3, 0.4) is 0 Å². The predicted molar refractivity (Wildman–Crippen MR) is 76.6 cm³/mol. The second-order valence-corrected chi connectivity index (χ2v) is 4.81. The van der Waals surface area contributed by atoms with Gasteiger partial charge in [-0.25, -0.2) is 4.98 Å². The summed E-state index contributed by atoms with van der Waals surface area (Å²) in [5, 5.41) is 0.572. The molecular formula is C13H13N5O2. The zero-order valence-corrected chi connectivity index (χ0v) is 11.0. The zero-order chi connectivity index (χ0) is 14.8.